The fraction of sp³-hybridized carbons (Fsp3) is 0.867. The molecule has 0 aliphatic carbocycles. The van der Waals surface area contributed by atoms with Gasteiger partial charge in [0, 0.05) is 25.1 Å². The van der Waals surface area contributed by atoms with Crippen LogP contribution in [0, 0.1) is 5.92 Å². The Morgan fingerprint density at radius 3 is 2.23 bits per heavy atom. The normalized spacial score (nSPS) is 31.6. The molecule has 1 aliphatic rings. The van der Waals surface area contributed by atoms with Crippen molar-refractivity contribution in [1.82, 2.24) is 0 Å². The van der Waals surface area contributed by atoms with Crippen molar-refractivity contribution in [2.24, 2.45) is 5.92 Å². The molecule has 0 saturated carbocycles. The number of ether oxygens (including phenoxy) is 4. The van der Waals surface area contributed by atoms with Gasteiger partial charge in [0.25, 0.3) is 0 Å². The van der Waals surface area contributed by atoms with E-state index in [9.17, 15) is 9.59 Å². The van der Waals surface area contributed by atoms with Crippen LogP contribution in [-0.2, 0) is 28.5 Å². The molecule has 1 heterocycles. The van der Waals surface area contributed by atoms with Crippen molar-refractivity contribution in [3.05, 3.63) is 0 Å². The zero-order valence-electron chi connectivity index (χ0n) is 13.5. The predicted octanol–water partition coefficient (Wildman–Crippen LogP) is 2.42. The third-order valence-electron chi connectivity index (χ3n) is 3.57. The molecule has 7 heteroatoms. The zero-order valence-corrected chi connectivity index (χ0v) is 15.1. The Bertz CT molecular complexity index is 375. The summed E-state index contributed by atoms with van der Waals surface area (Å²) in [6.45, 7) is 7.04. The highest BCUT2D eigenvalue weighted by molar-refractivity contribution is 9.09. The monoisotopic (exact) mass is 380 g/mol. The summed E-state index contributed by atoms with van der Waals surface area (Å²) < 4.78 is 22.4. The number of carbonyl (C=O) groups is 2. The van der Waals surface area contributed by atoms with Crippen molar-refractivity contribution in [3.63, 3.8) is 0 Å². The van der Waals surface area contributed by atoms with E-state index in [2.05, 4.69) is 15.9 Å². The van der Waals surface area contributed by atoms with Gasteiger partial charge in [-0.25, -0.2) is 0 Å². The molecular weight excluding hydrogens is 356 g/mol. The number of alkyl halides is 1. The van der Waals surface area contributed by atoms with Crippen LogP contribution in [0.25, 0.3) is 0 Å². The minimum atomic E-state index is -0.755. The molecule has 22 heavy (non-hydrogen) atoms. The van der Waals surface area contributed by atoms with E-state index in [0.29, 0.717) is 6.61 Å². The zero-order chi connectivity index (χ0) is 16.7. The molecule has 1 saturated heterocycles. The highest BCUT2D eigenvalue weighted by Gasteiger charge is 2.47. The summed E-state index contributed by atoms with van der Waals surface area (Å²) >= 11 is 3.33. The predicted molar refractivity (Wildman–Crippen MR) is 83.6 cm³/mol. The van der Waals surface area contributed by atoms with E-state index in [-0.39, 0.29) is 12.0 Å². The summed E-state index contributed by atoms with van der Waals surface area (Å²) in [7, 11) is 0. The lowest BCUT2D eigenvalue weighted by atomic mass is 9.89. The summed E-state index contributed by atoms with van der Waals surface area (Å²) in [4.78, 5) is 22.8. The van der Waals surface area contributed by atoms with E-state index in [1.54, 1.807) is 0 Å². The van der Waals surface area contributed by atoms with E-state index in [4.69, 9.17) is 18.9 Å². The van der Waals surface area contributed by atoms with Crippen molar-refractivity contribution >= 4 is 27.9 Å². The quantitative estimate of drug-likeness (QED) is 0.383. The Labute approximate surface area is 139 Å². The fourth-order valence-electron chi connectivity index (χ4n) is 2.58. The van der Waals surface area contributed by atoms with Gasteiger partial charge in [0.1, 0.15) is 6.10 Å². The Kier molecular flexibility index (Phi) is 8.35. The van der Waals surface area contributed by atoms with Gasteiger partial charge in [-0.05, 0) is 12.8 Å². The summed E-state index contributed by atoms with van der Waals surface area (Å²) in [6.07, 6.45) is -0.622. The first-order valence-corrected chi connectivity index (χ1v) is 8.70. The standard InChI is InChI=1S/C15H25BrO6/c1-5-12-9(2)13(20-10(3)17)14(21-11(4)18)15(22-12)19-8-6-7-16/h9,12-15H,5-8H2,1-4H3. The minimum absolute atomic E-state index is 0.0886. The second kappa shape index (κ2) is 9.47. The molecule has 0 radical (unpaired) electrons. The summed E-state index contributed by atoms with van der Waals surface area (Å²) in [5.74, 6) is -0.957. The lowest BCUT2D eigenvalue weighted by molar-refractivity contribution is -0.290. The van der Waals surface area contributed by atoms with E-state index < -0.39 is 30.4 Å². The van der Waals surface area contributed by atoms with Gasteiger partial charge >= 0.3 is 11.9 Å². The van der Waals surface area contributed by atoms with Gasteiger partial charge in [-0.3, -0.25) is 9.59 Å². The first-order chi connectivity index (χ1) is 10.4. The molecule has 0 aromatic rings. The van der Waals surface area contributed by atoms with Crippen molar-refractivity contribution in [2.75, 3.05) is 11.9 Å². The molecular formula is C15H25BrO6. The third kappa shape index (κ3) is 5.52. The fourth-order valence-corrected chi connectivity index (χ4v) is 2.80. The van der Waals surface area contributed by atoms with E-state index >= 15 is 0 Å². The van der Waals surface area contributed by atoms with Crippen LogP contribution in [0.3, 0.4) is 0 Å². The Morgan fingerprint density at radius 2 is 1.73 bits per heavy atom. The molecule has 5 unspecified atom stereocenters. The molecule has 0 bridgehead atoms. The van der Waals surface area contributed by atoms with Crippen molar-refractivity contribution in [3.8, 4) is 0 Å². The maximum atomic E-state index is 11.4. The molecule has 1 rings (SSSR count). The van der Waals surface area contributed by atoms with Crippen molar-refractivity contribution in [1.29, 1.82) is 0 Å². The molecule has 128 valence electrons. The summed E-state index contributed by atoms with van der Waals surface area (Å²) in [5, 5.41) is 0.804. The Hall–Kier alpha value is -0.660. The average Bonchev–Trinajstić information content (AvgIpc) is 2.44. The molecule has 1 aliphatic heterocycles. The lowest BCUT2D eigenvalue weighted by Crippen LogP contribution is -2.57. The maximum Gasteiger partial charge on any atom is 0.303 e. The number of esters is 2. The SMILES string of the molecule is CCC1OC(OCCCBr)C(OC(C)=O)C(OC(C)=O)C1C. The van der Waals surface area contributed by atoms with Crippen molar-refractivity contribution < 1.29 is 28.5 Å². The molecule has 1 fully saturated rings. The van der Waals surface area contributed by atoms with Gasteiger partial charge in [-0.15, -0.1) is 0 Å². The molecule has 6 nitrogen and oxygen atoms in total. The van der Waals surface area contributed by atoms with Gasteiger partial charge in [0.15, 0.2) is 12.4 Å². The second-order valence-electron chi connectivity index (χ2n) is 5.37. The van der Waals surface area contributed by atoms with Crippen LogP contribution in [0.4, 0.5) is 0 Å². The molecule has 0 spiro atoms. The number of halogens is 1. The number of hydrogen-bond acceptors (Lipinski definition) is 6. The van der Waals surface area contributed by atoms with Gasteiger partial charge in [-0.1, -0.05) is 29.8 Å². The van der Waals surface area contributed by atoms with E-state index in [0.717, 1.165) is 18.2 Å². The van der Waals surface area contributed by atoms with Crippen LogP contribution < -0.4 is 0 Å². The first kappa shape index (κ1) is 19.4. The first-order valence-electron chi connectivity index (χ1n) is 7.58. The topological polar surface area (TPSA) is 71.1 Å². The Balaban J connectivity index is 2.93. The maximum absolute atomic E-state index is 11.4. The highest BCUT2D eigenvalue weighted by Crippen LogP contribution is 2.32. The number of rotatable bonds is 7. The summed E-state index contributed by atoms with van der Waals surface area (Å²) in [6, 6.07) is 0. The van der Waals surface area contributed by atoms with Crippen LogP contribution in [0.1, 0.15) is 40.5 Å². The van der Waals surface area contributed by atoms with Crippen LogP contribution >= 0.6 is 15.9 Å². The van der Waals surface area contributed by atoms with Crippen molar-refractivity contribution in [2.45, 2.75) is 65.1 Å². The molecule has 0 N–H and O–H groups in total. The molecule has 0 amide bonds. The van der Waals surface area contributed by atoms with Crippen LogP contribution in [0.15, 0.2) is 0 Å². The average molecular weight is 381 g/mol. The second-order valence-corrected chi connectivity index (χ2v) is 6.16. The van der Waals surface area contributed by atoms with Gasteiger partial charge in [0.05, 0.1) is 12.7 Å². The van der Waals surface area contributed by atoms with Crippen LogP contribution in [0.2, 0.25) is 0 Å². The smallest absolute Gasteiger partial charge is 0.303 e. The largest absolute Gasteiger partial charge is 0.458 e. The number of carbonyl (C=O) groups excluding carboxylic acids is 2. The van der Waals surface area contributed by atoms with E-state index in [1.807, 2.05) is 13.8 Å². The van der Waals surface area contributed by atoms with E-state index in [1.165, 1.54) is 13.8 Å². The molecule has 0 aromatic carbocycles. The van der Waals surface area contributed by atoms with Crippen LogP contribution in [0.5, 0.6) is 0 Å². The molecule has 0 aromatic heterocycles. The molecule has 5 atom stereocenters. The highest BCUT2D eigenvalue weighted by atomic mass is 79.9. The van der Waals surface area contributed by atoms with Gasteiger partial charge in [0.2, 0.25) is 0 Å². The van der Waals surface area contributed by atoms with Crippen LogP contribution in [-0.4, -0.2) is 48.5 Å². The third-order valence-corrected chi connectivity index (χ3v) is 4.13. The van der Waals surface area contributed by atoms with Gasteiger partial charge < -0.3 is 18.9 Å². The number of hydrogen-bond donors (Lipinski definition) is 0. The lowest BCUT2D eigenvalue weighted by Gasteiger charge is -2.43. The summed E-state index contributed by atoms with van der Waals surface area (Å²) in [5.41, 5.74) is 0. The van der Waals surface area contributed by atoms with Gasteiger partial charge in [-0.2, -0.15) is 0 Å². The Morgan fingerprint density at radius 1 is 1.14 bits per heavy atom. The minimum Gasteiger partial charge on any atom is -0.458 e.